The Kier molecular flexibility index (Phi) is 9.90. The van der Waals surface area contributed by atoms with Gasteiger partial charge in [-0.15, -0.1) is 0 Å². The number of hydrogen-bond acceptors (Lipinski definition) is 7. The van der Waals surface area contributed by atoms with Crippen LogP contribution in [0, 0.1) is 6.92 Å². The number of carbonyl (C=O) groups is 3. The van der Waals surface area contributed by atoms with E-state index >= 15 is 0 Å². The van der Waals surface area contributed by atoms with Crippen molar-refractivity contribution in [2.24, 2.45) is 5.10 Å². The Morgan fingerprint density at radius 1 is 1.18 bits per heavy atom. The Morgan fingerprint density at radius 3 is 2.60 bits per heavy atom. The molecule has 2 aliphatic heterocycles. The van der Waals surface area contributed by atoms with Crippen molar-refractivity contribution in [2.75, 3.05) is 39.3 Å². The van der Waals surface area contributed by atoms with Crippen molar-refractivity contribution in [2.45, 2.75) is 58.6 Å². The average Bonchev–Trinajstić information content (AvgIpc) is 3.79. The Hall–Kier alpha value is -4.60. The van der Waals surface area contributed by atoms with Crippen LogP contribution < -0.4 is 15.4 Å². The Morgan fingerprint density at radius 2 is 1.98 bits per heavy atom. The van der Waals surface area contributed by atoms with E-state index in [0.717, 1.165) is 5.69 Å². The third-order valence-corrected chi connectivity index (χ3v) is 8.32. The maximum atomic E-state index is 13.3. The number of aromatic nitrogens is 1. The van der Waals surface area contributed by atoms with Gasteiger partial charge >= 0.3 is 0 Å². The summed E-state index contributed by atoms with van der Waals surface area (Å²) in [4.78, 5) is 47.9. The fraction of sp³-hybridized carbons (Fsp3) is 0.441. The number of amides is 3. The van der Waals surface area contributed by atoms with E-state index in [1.165, 1.54) is 24.5 Å². The van der Waals surface area contributed by atoms with Crippen LogP contribution in [0.5, 0.6) is 5.75 Å². The fourth-order valence-corrected chi connectivity index (χ4v) is 5.67. The molecule has 3 amide bonds. The zero-order valence-corrected chi connectivity index (χ0v) is 26.5. The second-order valence-electron chi connectivity index (χ2n) is 11.7. The summed E-state index contributed by atoms with van der Waals surface area (Å²) < 4.78 is 8.29. The number of rotatable bonds is 11. The Balaban J connectivity index is 1.43. The number of piperazine rings is 1. The molecule has 3 heterocycles. The van der Waals surface area contributed by atoms with Gasteiger partial charge in [-0.25, -0.2) is 0 Å². The minimum absolute atomic E-state index is 0.00218. The molecule has 2 atom stereocenters. The van der Waals surface area contributed by atoms with Crippen molar-refractivity contribution in [3.63, 3.8) is 0 Å². The highest BCUT2D eigenvalue weighted by molar-refractivity contribution is 6.14. The standard InChI is InChI=1S/C34H41N7O4/c1-6-32(42)41-16-15-39(20-23(41)5)21-30(28-12-11-25(19-36-28)24-9-10-24)45-29-17-22(4)26(18-27(29)33(43)35-7-2)34(44)37-31-13-14-40(8-3)38-31/h6,11-13,17-19,23-24,30H,1,7-10,15-16,20-21H2,2-5H3,(H-,35,37,38,43,44)/p+1/t23-,30-/m1/s1. The molecular formula is C34H42N7O4+. The lowest BCUT2D eigenvalue weighted by Gasteiger charge is -2.40. The van der Waals surface area contributed by atoms with E-state index in [2.05, 4.69) is 39.1 Å². The van der Waals surface area contributed by atoms with Crippen molar-refractivity contribution < 1.29 is 23.8 Å². The molecule has 11 nitrogen and oxygen atoms in total. The Bertz CT molecular complexity index is 1570. The largest absolute Gasteiger partial charge is 0.482 e. The first-order valence-electron chi connectivity index (χ1n) is 15.7. The van der Waals surface area contributed by atoms with E-state index in [-0.39, 0.29) is 29.3 Å². The van der Waals surface area contributed by atoms with E-state index in [0.29, 0.717) is 67.9 Å². The van der Waals surface area contributed by atoms with Crippen LogP contribution in [0.3, 0.4) is 0 Å². The summed E-state index contributed by atoms with van der Waals surface area (Å²) in [5, 5.41) is 9.95. The van der Waals surface area contributed by atoms with Crippen LogP contribution in [0.1, 0.15) is 83.2 Å². The normalized spacial score (nSPS) is 18.6. The molecule has 1 saturated heterocycles. The number of nitrogens with zero attached hydrogens (tertiary/aromatic N) is 5. The number of hydrazone groups is 1. The molecule has 2 aromatic rings. The molecular weight excluding hydrogens is 570 g/mol. The molecule has 236 valence electrons. The minimum atomic E-state index is -0.507. The van der Waals surface area contributed by atoms with Gasteiger partial charge in [0.25, 0.3) is 11.8 Å². The molecule has 1 saturated carbocycles. The van der Waals surface area contributed by atoms with Crippen LogP contribution in [-0.2, 0) is 4.79 Å². The molecule has 2 N–H and O–H groups in total. The average molecular weight is 613 g/mol. The highest BCUT2D eigenvalue weighted by Gasteiger charge is 2.31. The number of amidine groups is 1. The molecule has 45 heavy (non-hydrogen) atoms. The molecule has 0 spiro atoms. The van der Waals surface area contributed by atoms with Crippen LogP contribution in [0.4, 0.5) is 0 Å². The summed E-state index contributed by atoms with van der Waals surface area (Å²) in [5.74, 6) is 3.47. The quantitative estimate of drug-likeness (QED) is 0.297. The summed E-state index contributed by atoms with van der Waals surface area (Å²) in [7, 11) is 0. The van der Waals surface area contributed by atoms with Crippen LogP contribution in [0.2, 0.25) is 0 Å². The molecule has 2 fully saturated rings. The van der Waals surface area contributed by atoms with E-state index < -0.39 is 6.10 Å². The number of ether oxygens (including phenoxy) is 1. The molecule has 3 aliphatic rings. The van der Waals surface area contributed by atoms with Crippen molar-refractivity contribution in [3.05, 3.63) is 77.1 Å². The SMILES string of the molecule is C=CC(=O)N1CCN(C[C@@H](Oc2cc(C)c(C(=O)NC3=N[N+](CC)=C=C3)cc2C(=O)NCC)c2ccc(C3CC3)cn2)C[C@H]1C. The summed E-state index contributed by atoms with van der Waals surface area (Å²) >= 11 is 0. The summed E-state index contributed by atoms with van der Waals surface area (Å²) in [6.07, 6.45) is 6.75. The van der Waals surface area contributed by atoms with Gasteiger partial charge < -0.3 is 20.3 Å². The van der Waals surface area contributed by atoms with Gasteiger partial charge in [0, 0.05) is 55.6 Å². The predicted octanol–water partition coefficient (Wildman–Crippen LogP) is 3.17. The molecule has 5 rings (SSSR count). The molecule has 0 unspecified atom stereocenters. The maximum absolute atomic E-state index is 13.3. The fourth-order valence-electron chi connectivity index (χ4n) is 5.67. The lowest BCUT2D eigenvalue weighted by molar-refractivity contribution is -0.521. The van der Waals surface area contributed by atoms with Crippen LogP contribution in [-0.4, -0.2) is 94.2 Å². The van der Waals surface area contributed by atoms with Crippen molar-refractivity contribution in [1.82, 2.24) is 25.4 Å². The van der Waals surface area contributed by atoms with E-state index in [1.54, 1.807) is 22.9 Å². The second kappa shape index (κ2) is 14.0. The van der Waals surface area contributed by atoms with E-state index in [4.69, 9.17) is 9.72 Å². The first kappa shape index (κ1) is 31.8. The molecule has 1 aromatic carbocycles. The van der Waals surface area contributed by atoms with Gasteiger partial charge in [0.2, 0.25) is 17.6 Å². The van der Waals surface area contributed by atoms with Crippen LogP contribution in [0.25, 0.3) is 0 Å². The van der Waals surface area contributed by atoms with Crippen LogP contribution in [0.15, 0.2) is 54.3 Å². The van der Waals surface area contributed by atoms with Gasteiger partial charge in [0.1, 0.15) is 5.75 Å². The molecule has 1 aromatic heterocycles. The number of nitrogens with one attached hydrogen (secondary N) is 2. The molecule has 1 aliphatic carbocycles. The van der Waals surface area contributed by atoms with E-state index in [1.807, 2.05) is 44.9 Å². The number of pyridine rings is 1. The van der Waals surface area contributed by atoms with Crippen molar-refractivity contribution in [3.8, 4) is 5.75 Å². The van der Waals surface area contributed by atoms with Gasteiger partial charge in [0.05, 0.1) is 17.3 Å². The first-order chi connectivity index (χ1) is 21.7. The van der Waals surface area contributed by atoms with Gasteiger partial charge in [-0.2, -0.15) is 0 Å². The molecule has 11 heteroatoms. The lowest BCUT2D eigenvalue weighted by Crippen LogP contribution is -2.54. The summed E-state index contributed by atoms with van der Waals surface area (Å²) in [5.41, 5.74) is 3.22. The van der Waals surface area contributed by atoms with Gasteiger partial charge in [0.15, 0.2) is 12.6 Å². The number of benzene rings is 1. The molecule has 0 bridgehead atoms. The third kappa shape index (κ3) is 7.56. The highest BCUT2D eigenvalue weighted by atomic mass is 16.5. The van der Waals surface area contributed by atoms with Crippen molar-refractivity contribution in [1.29, 1.82) is 0 Å². The predicted molar refractivity (Wildman–Crippen MR) is 172 cm³/mol. The van der Waals surface area contributed by atoms with Gasteiger partial charge in [-0.05, 0) is 86.5 Å². The van der Waals surface area contributed by atoms with Gasteiger partial charge in [-0.1, -0.05) is 12.6 Å². The summed E-state index contributed by atoms with van der Waals surface area (Å²) in [6.45, 7) is 14.7. The van der Waals surface area contributed by atoms with E-state index in [9.17, 15) is 14.4 Å². The maximum Gasteiger partial charge on any atom is 0.257 e. The highest BCUT2D eigenvalue weighted by Crippen LogP contribution is 2.40. The summed E-state index contributed by atoms with van der Waals surface area (Å²) in [6, 6.07) is 7.44. The molecule has 0 radical (unpaired) electrons. The minimum Gasteiger partial charge on any atom is -0.482 e. The number of carbonyl (C=O) groups excluding carboxylic acids is 3. The smallest absolute Gasteiger partial charge is 0.257 e. The van der Waals surface area contributed by atoms with Crippen molar-refractivity contribution >= 4 is 29.4 Å². The topological polar surface area (TPSA) is 119 Å². The zero-order valence-electron chi connectivity index (χ0n) is 26.5. The van der Waals surface area contributed by atoms with Crippen LogP contribution >= 0.6 is 0 Å². The first-order valence-corrected chi connectivity index (χ1v) is 15.7. The zero-order chi connectivity index (χ0) is 32.1. The lowest BCUT2D eigenvalue weighted by atomic mass is 10.0. The van der Waals surface area contributed by atoms with Gasteiger partial charge in [-0.3, -0.25) is 24.3 Å². The monoisotopic (exact) mass is 612 g/mol. The number of aryl methyl sites for hydroxylation is 1. The Labute approximate surface area is 264 Å². The second-order valence-corrected chi connectivity index (χ2v) is 11.7. The third-order valence-electron chi connectivity index (χ3n) is 8.32. The number of hydrogen-bond donors (Lipinski definition) is 2.